The standard InChI is InChI=1S/C18H27N7O3/c1-5-23-11-16(13(2)19-23)10-21-6-8-22(9-7-21)17(26)12-24-15(4)18(25(27)28)14(3)20-24/h11H,5-10,12H2,1-4H3. The summed E-state index contributed by atoms with van der Waals surface area (Å²) in [5.74, 6) is -0.0601. The van der Waals surface area contributed by atoms with Gasteiger partial charge in [-0.2, -0.15) is 10.2 Å². The second kappa shape index (κ2) is 8.09. The Hall–Kier alpha value is -2.75. The highest BCUT2D eigenvalue weighted by Crippen LogP contribution is 2.22. The molecule has 10 nitrogen and oxygen atoms in total. The fraction of sp³-hybridized carbons (Fsp3) is 0.611. The summed E-state index contributed by atoms with van der Waals surface area (Å²) in [6.07, 6.45) is 2.09. The highest BCUT2D eigenvalue weighted by atomic mass is 16.6. The summed E-state index contributed by atoms with van der Waals surface area (Å²) in [6.45, 7) is 11.9. The van der Waals surface area contributed by atoms with E-state index in [0.717, 1.165) is 31.9 Å². The third-order valence-electron chi connectivity index (χ3n) is 5.30. The Morgan fingerprint density at radius 3 is 2.36 bits per heavy atom. The van der Waals surface area contributed by atoms with Gasteiger partial charge in [0.1, 0.15) is 17.9 Å². The van der Waals surface area contributed by atoms with E-state index < -0.39 is 4.92 Å². The summed E-state index contributed by atoms with van der Waals surface area (Å²) in [4.78, 5) is 27.4. The second-order valence-corrected chi connectivity index (χ2v) is 7.19. The van der Waals surface area contributed by atoms with Crippen molar-refractivity contribution in [3.8, 4) is 0 Å². The number of nitro groups is 1. The van der Waals surface area contributed by atoms with Crippen molar-refractivity contribution in [1.82, 2.24) is 29.4 Å². The molecule has 2 aromatic rings. The Kier molecular flexibility index (Phi) is 5.78. The highest BCUT2D eigenvalue weighted by molar-refractivity contribution is 5.76. The molecule has 0 bridgehead atoms. The molecule has 0 aliphatic carbocycles. The molecule has 0 atom stereocenters. The topological polar surface area (TPSA) is 102 Å². The first-order chi connectivity index (χ1) is 13.3. The van der Waals surface area contributed by atoms with Crippen LogP contribution in [0.1, 0.15) is 29.6 Å². The van der Waals surface area contributed by atoms with Crippen LogP contribution in [0.25, 0.3) is 0 Å². The molecule has 1 fully saturated rings. The zero-order chi connectivity index (χ0) is 20.4. The summed E-state index contributed by atoms with van der Waals surface area (Å²) in [6, 6.07) is 0. The van der Waals surface area contributed by atoms with E-state index in [2.05, 4.69) is 28.2 Å². The third-order valence-corrected chi connectivity index (χ3v) is 5.30. The van der Waals surface area contributed by atoms with Crippen LogP contribution in [0.15, 0.2) is 6.20 Å². The molecule has 10 heteroatoms. The number of carbonyl (C=O) groups excluding carboxylic acids is 1. The van der Waals surface area contributed by atoms with Crippen LogP contribution in [0.5, 0.6) is 0 Å². The molecule has 3 rings (SSSR count). The number of rotatable bonds is 6. The SMILES string of the molecule is CCn1cc(CN2CCN(C(=O)Cn3nc(C)c([N+](=O)[O-])c3C)CC2)c(C)n1. The lowest BCUT2D eigenvalue weighted by Crippen LogP contribution is -2.49. The predicted molar refractivity (Wildman–Crippen MR) is 103 cm³/mol. The van der Waals surface area contributed by atoms with Crippen molar-refractivity contribution >= 4 is 11.6 Å². The van der Waals surface area contributed by atoms with Crippen molar-refractivity contribution < 1.29 is 9.72 Å². The Balaban J connectivity index is 1.56. The average Bonchev–Trinajstić information content (AvgIpc) is 3.14. The molecule has 0 radical (unpaired) electrons. The van der Waals surface area contributed by atoms with E-state index in [9.17, 15) is 14.9 Å². The van der Waals surface area contributed by atoms with Crippen molar-refractivity contribution in [3.05, 3.63) is 39.0 Å². The summed E-state index contributed by atoms with van der Waals surface area (Å²) >= 11 is 0. The van der Waals surface area contributed by atoms with E-state index in [-0.39, 0.29) is 18.1 Å². The van der Waals surface area contributed by atoms with Crippen molar-refractivity contribution in [3.63, 3.8) is 0 Å². The number of piperazine rings is 1. The van der Waals surface area contributed by atoms with Crippen molar-refractivity contribution in [1.29, 1.82) is 0 Å². The molecule has 0 aromatic carbocycles. The smallest absolute Gasteiger partial charge is 0.312 e. The lowest BCUT2D eigenvalue weighted by atomic mass is 10.2. The quantitative estimate of drug-likeness (QED) is 0.545. The first kappa shape index (κ1) is 20.0. The van der Waals surface area contributed by atoms with Gasteiger partial charge >= 0.3 is 5.69 Å². The molecule has 3 heterocycles. The fourth-order valence-corrected chi connectivity index (χ4v) is 3.61. The minimum absolute atomic E-state index is 0.0133. The number of aromatic nitrogens is 4. The van der Waals surface area contributed by atoms with Crippen LogP contribution in [0, 0.1) is 30.9 Å². The van der Waals surface area contributed by atoms with E-state index in [0.29, 0.717) is 24.5 Å². The molecule has 0 saturated carbocycles. The molecule has 2 aromatic heterocycles. The number of amides is 1. The van der Waals surface area contributed by atoms with Crippen LogP contribution in [0.4, 0.5) is 5.69 Å². The molecule has 1 aliphatic rings. The van der Waals surface area contributed by atoms with E-state index in [1.165, 1.54) is 10.2 Å². The molecule has 1 saturated heterocycles. The number of hydrogen-bond acceptors (Lipinski definition) is 6. The van der Waals surface area contributed by atoms with Crippen LogP contribution in [-0.4, -0.2) is 66.4 Å². The van der Waals surface area contributed by atoms with E-state index in [4.69, 9.17) is 0 Å². The van der Waals surface area contributed by atoms with Gasteiger partial charge in [-0.1, -0.05) is 0 Å². The molecule has 1 amide bonds. The molecule has 152 valence electrons. The second-order valence-electron chi connectivity index (χ2n) is 7.19. The molecular formula is C18H27N7O3. The Morgan fingerprint density at radius 1 is 1.14 bits per heavy atom. The third kappa shape index (κ3) is 4.06. The van der Waals surface area contributed by atoms with Gasteiger partial charge in [0.05, 0.1) is 10.6 Å². The van der Waals surface area contributed by atoms with Crippen molar-refractivity contribution in [2.75, 3.05) is 26.2 Å². The Morgan fingerprint density at radius 2 is 1.82 bits per heavy atom. The number of nitrogens with zero attached hydrogens (tertiary/aromatic N) is 7. The maximum Gasteiger partial charge on any atom is 0.312 e. The fourth-order valence-electron chi connectivity index (χ4n) is 3.61. The van der Waals surface area contributed by atoms with Gasteiger partial charge in [-0.3, -0.25) is 29.2 Å². The van der Waals surface area contributed by atoms with E-state index in [1.54, 1.807) is 18.7 Å². The van der Waals surface area contributed by atoms with Crippen LogP contribution in [-0.2, 0) is 24.4 Å². The predicted octanol–water partition coefficient (Wildman–Crippen LogP) is 1.28. The maximum absolute atomic E-state index is 12.6. The number of aryl methyl sites for hydroxylation is 3. The molecular weight excluding hydrogens is 362 g/mol. The van der Waals surface area contributed by atoms with Crippen LogP contribution in [0.3, 0.4) is 0 Å². The lowest BCUT2D eigenvalue weighted by Gasteiger charge is -2.34. The van der Waals surface area contributed by atoms with Crippen LogP contribution in [0.2, 0.25) is 0 Å². The van der Waals surface area contributed by atoms with Gasteiger partial charge in [0.2, 0.25) is 5.91 Å². The van der Waals surface area contributed by atoms with Gasteiger partial charge in [-0.25, -0.2) is 0 Å². The Bertz CT molecular complexity index is 878. The average molecular weight is 389 g/mol. The normalized spacial score (nSPS) is 15.2. The minimum atomic E-state index is -0.444. The van der Waals surface area contributed by atoms with Gasteiger partial charge in [-0.05, 0) is 27.7 Å². The largest absolute Gasteiger partial charge is 0.339 e. The van der Waals surface area contributed by atoms with E-state index in [1.807, 2.05) is 11.6 Å². The molecule has 1 aliphatic heterocycles. The zero-order valence-electron chi connectivity index (χ0n) is 16.9. The number of carbonyl (C=O) groups is 1. The zero-order valence-corrected chi connectivity index (χ0v) is 16.9. The summed E-state index contributed by atoms with van der Waals surface area (Å²) in [5.41, 5.74) is 3.00. The Labute approximate surface area is 163 Å². The highest BCUT2D eigenvalue weighted by Gasteiger charge is 2.26. The summed E-state index contributed by atoms with van der Waals surface area (Å²) in [7, 11) is 0. The first-order valence-corrected chi connectivity index (χ1v) is 9.51. The molecule has 0 unspecified atom stereocenters. The van der Waals surface area contributed by atoms with E-state index >= 15 is 0 Å². The van der Waals surface area contributed by atoms with Crippen molar-refractivity contribution in [2.24, 2.45) is 0 Å². The molecule has 0 spiro atoms. The monoisotopic (exact) mass is 389 g/mol. The van der Waals surface area contributed by atoms with Gasteiger partial charge in [0.25, 0.3) is 0 Å². The van der Waals surface area contributed by atoms with Crippen LogP contribution < -0.4 is 0 Å². The molecule has 28 heavy (non-hydrogen) atoms. The van der Waals surface area contributed by atoms with Gasteiger partial charge < -0.3 is 4.90 Å². The summed E-state index contributed by atoms with van der Waals surface area (Å²) in [5, 5.41) is 19.8. The van der Waals surface area contributed by atoms with Crippen molar-refractivity contribution in [2.45, 2.75) is 47.3 Å². The van der Waals surface area contributed by atoms with Gasteiger partial charge in [-0.15, -0.1) is 0 Å². The van der Waals surface area contributed by atoms with Gasteiger partial charge in [0, 0.05) is 51.0 Å². The number of hydrogen-bond donors (Lipinski definition) is 0. The van der Waals surface area contributed by atoms with Gasteiger partial charge in [0.15, 0.2) is 0 Å². The molecule has 0 N–H and O–H groups in total. The summed E-state index contributed by atoms with van der Waals surface area (Å²) < 4.78 is 3.38. The minimum Gasteiger partial charge on any atom is -0.339 e. The lowest BCUT2D eigenvalue weighted by molar-refractivity contribution is -0.386. The first-order valence-electron chi connectivity index (χ1n) is 9.51. The van der Waals surface area contributed by atoms with Crippen LogP contribution >= 0.6 is 0 Å². The maximum atomic E-state index is 12.6.